The summed E-state index contributed by atoms with van der Waals surface area (Å²) in [6.07, 6.45) is 4.88. The zero-order chi connectivity index (χ0) is 19.5. The lowest BCUT2D eigenvalue weighted by Gasteiger charge is -2.22. The van der Waals surface area contributed by atoms with Crippen LogP contribution in [0.4, 0.5) is 0 Å². The van der Waals surface area contributed by atoms with Gasteiger partial charge in [0.15, 0.2) is 0 Å². The van der Waals surface area contributed by atoms with Gasteiger partial charge in [-0.2, -0.15) is 0 Å². The molecule has 1 amide bonds. The van der Waals surface area contributed by atoms with Crippen LogP contribution in [-0.4, -0.2) is 27.3 Å². The number of hydrogen-bond donors (Lipinski definition) is 1. The van der Waals surface area contributed by atoms with Gasteiger partial charge in [0.2, 0.25) is 5.91 Å². The van der Waals surface area contributed by atoms with Gasteiger partial charge in [-0.25, -0.2) is 4.98 Å². The van der Waals surface area contributed by atoms with Crippen molar-refractivity contribution < 1.29 is 4.79 Å². The molecule has 1 N–H and O–H groups in total. The first-order valence-corrected chi connectivity index (χ1v) is 10.8. The number of aromatic amines is 1. The number of hydrogen-bond acceptors (Lipinski definition) is 4. The quantitative estimate of drug-likeness (QED) is 0.661. The molecule has 0 saturated heterocycles. The molecule has 2 heterocycles. The summed E-state index contributed by atoms with van der Waals surface area (Å²) < 4.78 is 0. The second-order valence-corrected chi connectivity index (χ2v) is 8.43. The fourth-order valence-corrected chi connectivity index (χ4v) is 5.20. The highest BCUT2D eigenvalue weighted by Crippen LogP contribution is 2.34. The van der Waals surface area contributed by atoms with E-state index in [4.69, 9.17) is 0 Å². The first kappa shape index (κ1) is 18.9. The number of aromatic nitrogens is 2. The molecular weight excluding hydrogens is 370 g/mol. The molecule has 6 heteroatoms. The summed E-state index contributed by atoms with van der Waals surface area (Å²) in [5.41, 5.74) is 2.26. The van der Waals surface area contributed by atoms with Gasteiger partial charge in [-0.05, 0) is 36.8 Å². The van der Waals surface area contributed by atoms with Gasteiger partial charge in [0.25, 0.3) is 5.56 Å². The number of rotatable bonds is 7. The molecule has 2 aromatic heterocycles. The number of carbonyl (C=O) groups is 1. The van der Waals surface area contributed by atoms with Crippen molar-refractivity contribution in [3.8, 4) is 0 Å². The molecule has 28 heavy (non-hydrogen) atoms. The van der Waals surface area contributed by atoms with Crippen molar-refractivity contribution in [1.82, 2.24) is 14.9 Å². The van der Waals surface area contributed by atoms with Gasteiger partial charge >= 0.3 is 0 Å². The summed E-state index contributed by atoms with van der Waals surface area (Å²) in [5, 5.41) is 0.768. The fraction of sp³-hybridized carbons (Fsp3) is 0.409. The average molecular weight is 396 g/mol. The van der Waals surface area contributed by atoms with E-state index in [1.165, 1.54) is 10.4 Å². The topological polar surface area (TPSA) is 66.1 Å². The molecule has 4 rings (SSSR count). The number of fused-ring (bicyclic) bond motifs is 3. The van der Waals surface area contributed by atoms with E-state index in [0.717, 1.165) is 48.0 Å². The van der Waals surface area contributed by atoms with Crippen LogP contribution in [0.3, 0.4) is 0 Å². The Morgan fingerprint density at radius 1 is 1.25 bits per heavy atom. The van der Waals surface area contributed by atoms with Crippen LogP contribution in [0.1, 0.15) is 48.0 Å². The molecule has 1 aliphatic carbocycles. The number of benzene rings is 1. The van der Waals surface area contributed by atoms with Crippen LogP contribution >= 0.6 is 11.3 Å². The summed E-state index contributed by atoms with van der Waals surface area (Å²) in [6, 6.07) is 10.0. The summed E-state index contributed by atoms with van der Waals surface area (Å²) >= 11 is 1.64. The molecule has 0 bridgehead atoms. The Bertz CT molecular complexity index is 1040. The maximum absolute atomic E-state index is 12.8. The average Bonchev–Trinajstić information content (AvgIpc) is 3.27. The van der Waals surface area contributed by atoms with Crippen LogP contribution in [0.2, 0.25) is 0 Å². The molecule has 1 aliphatic rings. The van der Waals surface area contributed by atoms with E-state index in [-0.39, 0.29) is 11.5 Å². The maximum atomic E-state index is 12.8. The molecule has 3 aromatic rings. The van der Waals surface area contributed by atoms with Gasteiger partial charge in [-0.3, -0.25) is 9.59 Å². The van der Waals surface area contributed by atoms with Crippen molar-refractivity contribution in [2.75, 3.05) is 6.54 Å². The number of nitrogens with one attached hydrogen (secondary N) is 1. The number of carbonyl (C=O) groups excluding carboxylic acids is 1. The van der Waals surface area contributed by atoms with Gasteiger partial charge < -0.3 is 9.88 Å². The highest BCUT2D eigenvalue weighted by atomic mass is 32.1. The smallest absolute Gasteiger partial charge is 0.259 e. The Hall–Kier alpha value is -2.47. The third-order valence-electron chi connectivity index (χ3n) is 5.26. The Labute approximate surface area is 168 Å². The van der Waals surface area contributed by atoms with Crippen molar-refractivity contribution in [2.45, 2.75) is 52.0 Å². The van der Waals surface area contributed by atoms with Crippen molar-refractivity contribution in [3.05, 3.63) is 62.5 Å². The van der Waals surface area contributed by atoms with Crippen LogP contribution in [0.15, 0.2) is 35.1 Å². The molecule has 1 aromatic carbocycles. The number of aryl methyl sites for hydroxylation is 3. The molecule has 0 atom stereocenters. The summed E-state index contributed by atoms with van der Waals surface area (Å²) in [7, 11) is 0. The van der Waals surface area contributed by atoms with E-state index < -0.39 is 0 Å². The Morgan fingerprint density at radius 3 is 2.86 bits per heavy atom. The van der Waals surface area contributed by atoms with Gasteiger partial charge in [-0.15, -0.1) is 11.3 Å². The minimum atomic E-state index is -0.0541. The lowest BCUT2D eigenvalue weighted by atomic mass is 10.2. The molecule has 0 saturated carbocycles. The molecule has 5 nitrogen and oxygen atoms in total. The molecular formula is C22H25N3O2S. The van der Waals surface area contributed by atoms with E-state index in [9.17, 15) is 9.59 Å². The largest absolute Gasteiger partial charge is 0.338 e. The molecule has 0 aliphatic heterocycles. The number of amides is 1. The van der Waals surface area contributed by atoms with E-state index >= 15 is 0 Å². The predicted octanol–water partition coefficient (Wildman–Crippen LogP) is 3.84. The Kier molecular flexibility index (Phi) is 5.57. The lowest BCUT2D eigenvalue weighted by Crippen LogP contribution is -2.31. The van der Waals surface area contributed by atoms with Gasteiger partial charge in [0.05, 0.1) is 5.39 Å². The SMILES string of the molecule is CCCN(Cc1ccccc1)C(=O)CCc1nc2sc3c(c2c(=O)[nH]1)CCC3. The highest BCUT2D eigenvalue weighted by Gasteiger charge is 2.21. The molecule has 146 valence electrons. The molecule has 0 unspecified atom stereocenters. The van der Waals surface area contributed by atoms with Crippen molar-refractivity contribution in [1.29, 1.82) is 0 Å². The lowest BCUT2D eigenvalue weighted by molar-refractivity contribution is -0.131. The van der Waals surface area contributed by atoms with Crippen LogP contribution < -0.4 is 5.56 Å². The Morgan fingerprint density at radius 2 is 2.07 bits per heavy atom. The fourth-order valence-electron chi connectivity index (χ4n) is 3.91. The standard InChI is InChI=1S/C22H25N3O2S/c1-2-13-25(14-15-7-4-3-5-8-15)19(26)12-11-18-23-21(27)20-16-9-6-10-17(16)28-22(20)24-18/h3-5,7-8H,2,6,9-14H2,1H3,(H,23,24,27). The monoisotopic (exact) mass is 395 g/mol. The van der Waals surface area contributed by atoms with E-state index in [0.29, 0.717) is 25.2 Å². The van der Waals surface area contributed by atoms with Crippen LogP contribution in [0.25, 0.3) is 10.2 Å². The molecule has 0 spiro atoms. The summed E-state index contributed by atoms with van der Waals surface area (Å²) in [5.74, 6) is 0.712. The summed E-state index contributed by atoms with van der Waals surface area (Å²) in [4.78, 5) is 36.9. The zero-order valence-electron chi connectivity index (χ0n) is 16.2. The third-order valence-corrected chi connectivity index (χ3v) is 6.45. The van der Waals surface area contributed by atoms with Crippen LogP contribution in [0.5, 0.6) is 0 Å². The van der Waals surface area contributed by atoms with Gasteiger partial charge in [0.1, 0.15) is 10.7 Å². The van der Waals surface area contributed by atoms with E-state index in [2.05, 4.69) is 16.9 Å². The first-order valence-electron chi connectivity index (χ1n) is 10.0. The van der Waals surface area contributed by atoms with Crippen LogP contribution in [0, 0.1) is 0 Å². The molecule has 0 radical (unpaired) electrons. The third kappa shape index (κ3) is 3.87. The van der Waals surface area contributed by atoms with Gasteiger partial charge in [-0.1, -0.05) is 37.3 Å². The van der Waals surface area contributed by atoms with Gasteiger partial charge in [0, 0.05) is 30.8 Å². The minimum Gasteiger partial charge on any atom is -0.338 e. The number of H-pyrrole nitrogens is 1. The second kappa shape index (κ2) is 8.27. The summed E-state index contributed by atoms with van der Waals surface area (Å²) in [6.45, 7) is 3.43. The van der Waals surface area contributed by atoms with Crippen molar-refractivity contribution in [2.24, 2.45) is 0 Å². The highest BCUT2D eigenvalue weighted by molar-refractivity contribution is 7.18. The zero-order valence-corrected chi connectivity index (χ0v) is 17.0. The predicted molar refractivity (Wildman–Crippen MR) is 113 cm³/mol. The number of nitrogens with zero attached hydrogens (tertiary/aromatic N) is 2. The Balaban J connectivity index is 1.46. The van der Waals surface area contributed by atoms with Crippen molar-refractivity contribution in [3.63, 3.8) is 0 Å². The minimum absolute atomic E-state index is 0.0541. The second-order valence-electron chi connectivity index (χ2n) is 7.35. The van der Waals surface area contributed by atoms with E-state index in [1.807, 2.05) is 35.2 Å². The van der Waals surface area contributed by atoms with E-state index in [1.54, 1.807) is 11.3 Å². The van der Waals surface area contributed by atoms with Crippen LogP contribution in [-0.2, 0) is 30.6 Å². The first-order chi connectivity index (χ1) is 13.7. The molecule has 0 fully saturated rings. The normalized spacial score (nSPS) is 13.0. The number of thiophene rings is 1. The maximum Gasteiger partial charge on any atom is 0.259 e. The van der Waals surface area contributed by atoms with Crippen molar-refractivity contribution >= 4 is 27.5 Å².